The highest BCUT2D eigenvalue weighted by Crippen LogP contribution is 2.35. The summed E-state index contributed by atoms with van der Waals surface area (Å²) < 4.78 is 5.17. The first-order chi connectivity index (χ1) is 14.5. The molecule has 0 atom stereocenters. The molecule has 1 N–H and O–H groups in total. The lowest BCUT2D eigenvalue weighted by atomic mass is 9.94. The average molecular weight is 402 g/mol. The van der Waals surface area contributed by atoms with E-state index in [9.17, 15) is 20.2 Å². The van der Waals surface area contributed by atoms with E-state index in [-0.39, 0.29) is 29.2 Å². The molecule has 0 bridgehead atoms. The van der Waals surface area contributed by atoms with Crippen LogP contribution in [-0.4, -0.2) is 22.5 Å². The predicted octanol–water partition coefficient (Wildman–Crippen LogP) is 4.76. The molecule has 0 aliphatic carbocycles. The Labute approximate surface area is 172 Å². The third-order valence-electron chi connectivity index (χ3n) is 4.37. The molecular weight excluding hydrogens is 384 g/mol. The van der Waals surface area contributed by atoms with Gasteiger partial charge in [-0.3, -0.25) is 10.1 Å². The number of anilines is 2. The van der Waals surface area contributed by atoms with E-state index in [0.29, 0.717) is 16.8 Å². The van der Waals surface area contributed by atoms with Gasteiger partial charge in [0.05, 0.1) is 22.8 Å². The summed E-state index contributed by atoms with van der Waals surface area (Å²) in [5, 5.41) is 24.0. The van der Waals surface area contributed by atoms with Gasteiger partial charge in [0.1, 0.15) is 17.5 Å². The van der Waals surface area contributed by atoms with Crippen LogP contribution in [0, 0.1) is 28.4 Å². The molecule has 3 aromatic rings. The van der Waals surface area contributed by atoms with Crippen LogP contribution in [0.15, 0.2) is 54.6 Å². The first-order valence-electron chi connectivity index (χ1n) is 9.15. The Kier molecular flexibility index (Phi) is 6.03. The summed E-state index contributed by atoms with van der Waals surface area (Å²) in [7, 11) is 0. The minimum Gasteiger partial charge on any atom is -0.462 e. The molecule has 0 aliphatic rings. The normalized spacial score (nSPS) is 10.2. The molecule has 0 unspecified atom stereocenters. The Bertz CT molecular complexity index is 1140. The van der Waals surface area contributed by atoms with Crippen LogP contribution >= 0.6 is 0 Å². The maximum Gasteiger partial charge on any atom is 0.340 e. The second-order valence-corrected chi connectivity index (χ2v) is 6.30. The van der Waals surface area contributed by atoms with Crippen molar-refractivity contribution in [3.8, 4) is 17.2 Å². The lowest BCUT2D eigenvalue weighted by Gasteiger charge is -2.17. The summed E-state index contributed by atoms with van der Waals surface area (Å²) >= 11 is 0. The van der Waals surface area contributed by atoms with Crippen LogP contribution in [0.2, 0.25) is 0 Å². The van der Waals surface area contributed by atoms with E-state index in [1.54, 1.807) is 13.8 Å². The van der Waals surface area contributed by atoms with E-state index in [1.165, 1.54) is 24.3 Å². The van der Waals surface area contributed by atoms with Crippen molar-refractivity contribution in [1.29, 1.82) is 5.26 Å². The number of rotatable bonds is 6. The summed E-state index contributed by atoms with van der Waals surface area (Å²) in [6.45, 7) is 3.49. The topological polar surface area (TPSA) is 118 Å². The van der Waals surface area contributed by atoms with E-state index >= 15 is 0 Å². The molecule has 8 nitrogen and oxygen atoms in total. The fourth-order valence-corrected chi connectivity index (χ4v) is 3.05. The van der Waals surface area contributed by atoms with Gasteiger partial charge in [0.25, 0.3) is 5.69 Å². The Hall–Kier alpha value is -4.25. The van der Waals surface area contributed by atoms with Crippen molar-refractivity contribution >= 4 is 23.2 Å². The number of nitrogens with zero attached hydrogens (tertiary/aromatic N) is 3. The Morgan fingerprint density at radius 2 is 1.87 bits per heavy atom. The van der Waals surface area contributed by atoms with Crippen molar-refractivity contribution in [2.45, 2.75) is 13.8 Å². The standard InChI is InChI=1S/C22H18N4O4/c1-3-30-22(27)19-14(2)24-21(25-16-7-5-4-6-8-16)18(13-23)20(19)15-9-11-17(12-10-15)26(28)29/h4-12H,3H2,1-2H3,(H,24,25). The summed E-state index contributed by atoms with van der Waals surface area (Å²) in [4.78, 5) is 27.6. The SMILES string of the molecule is CCOC(=O)c1c(C)nc(Nc2ccccc2)c(C#N)c1-c1ccc([N+](=O)[O-])cc1. The minimum absolute atomic E-state index is 0.0941. The number of hydrogen-bond acceptors (Lipinski definition) is 7. The van der Waals surface area contributed by atoms with Gasteiger partial charge in [0.2, 0.25) is 0 Å². The third kappa shape index (κ3) is 4.10. The number of ether oxygens (including phenoxy) is 1. The molecule has 0 spiro atoms. The molecule has 30 heavy (non-hydrogen) atoms. The first kappa shape index (κ1) is 20.5. The van der Waals surface area contributed by atoms with Gasteiger partial charge in [0.15, 0.2) is 0 Å². The van der Waals surface area contributed by atoms with Crippen molar-refractivity contribution in [2.24, 2.45) is 0 Å². The van der Waals surface area contributed by atoms with Gasteiger partial charge in [-0.1, -0.05) is 18.2 Å². The largest absolute Gasteiger partial charge is 0.462 e. The zero-order chi connectivity index (χ0) is 21.7. The van der Waals surface area contributed by atoms with Crippen molar-refractivity contribution < 1.29 is 14.5 Å². The fourth-order valence-electron chi connectivity index (χ4n) is 3.05. The Morgan fingerprint density at radius 3 is 2.43 bits per heavy atom. The minimum atomic E-state index is -0.612. The number of nitriles is 1. The number of para-hydroxylation sites is 1. The van der Waals surface area contributed by atoms with Crippen LogP contribution in [0.3, 0.4) is 0 Å². The molecule has 3 rings (SSSR count). The molecule has 2 aromatic carbocycles. The zero-order valence-electron chi connectivity index (χ0n) is 16.4. The van der Waals surface area contributed by atoms with E-state index in [2.05, 4.69) is 16.4 Å². The number of hydrogen-bond donors (Lipinski definition) is 1. The number of non-ortho nitro benzene ring substituents is 1. The van der Waals surface area contributed by atoms with Gasteiger partial charge in [-0.2, -0.15) is 5.26 Å². The highest BCUT2D eigenvalue weighted by Gasteiger charge is 2.25. The number of benzene rings is 2. The van der Waals surface area contributed by atoms with Crippen molar-refractivity contribution in [2.75, 3.05) is 11.9 Å². The number of carbonyl (C=O) groups excluding carboxylic acids is 1. The highest BCUT2D eigenvalue weighted by atomic mass is 16.6. The number of nitrogens with one attached hydrogen (secondary N) is 1. The van der Waals surface area contributed by atoms with Gasteiger partial charge in [0, 0.05) is 23.4 Å². The van der Waals surface area contributed by atoms with E-state index in [0.717, 1.165) is 5.69 Å². The average Bonchev–Trinajstić information content (AvgIpc) is 2.74. The van der Waals surface area contributed by atoms with Crippen LogP contribution in [0.5, 0.6) is 0 Å². The Balaban J connectivity index is 2.25. The molecule has 8 heteroatoms. The molecule has 150 valence electrons. The summed E-state index contributed by atoms with van der Waals surface area (Å²) in [6.07, 6.45) is 0. The van der Waals surface area contributed by atoms with Gasteiger partial charge in [-0.05, 0) is 43.7 Å². The Morgan fingerprint density at radius 1 is 1.20 bits per heavy atom. The van der Waals surface area contributed by atoms with Gasteiger partial charge in [-0.25, -0.2) is 9.78 Å². The molecule has 1 aromatic heterocycles. The lowest BCUT2D eigenvalue weighted by molar-refractivity contribution is -0.384. The molecule has 0 fully saturated rings. The number of carbonyl (C=O) groups is 1. The maximum absolute atomic E-state index is 12.7. The van der Waals surface area contributed by atoms with Crippen LogP contribution < -0.4 is 5.32 Å². The third-order valence-corrected chi connectivity index (χ3v) is 4.37. The lowest BCUT2D eigenvalue weighted by Crippen LogP contribution is -2.13. The molecule has 0 amide bonds. The molecule has 0 saturated heterocycles. The number of pyridine rings is 1. The first-order valence-corrected chi connectivity index (χ1v) is 9.15. The quantitative estimate of drug-likeness (QED) is 0.359. The summed E-state index contributed by atoms with van der Waals surface area (Å²) in [6, 6.07) is 17.0. The number of esters is 1. The maximum atomic E-state index is 12.7. The van der Waals surface area contributed by atoms with E-state index < -0.39 is 10.9 Å². The number of nitro benzene ring substituents is 1. The van der Waals surface area contributed by atoms with Gasteiger partial charge < -0.3 is 10.1 Å². The second-order valence-electron chi connectivity index (χ2n) is 6.30. The van der Waals surface area contributed by atoms with Crippen LogP contribution in [-0.2, 0) is 4.74 Å². The molecular formula is C22H18N4O4. The van der Waals surface area contributed by atoms with E-state index in [4.69, 9.17) is 4.74 Å². The van der Waals surface area contributed by atoms with Crippen molar-refractivity contribution in [1.82, 2.24) is 4.98 Å². The summed E-state index contributed by atoms with van der Waals surface area (Å²) in [5.74, 6) is -0.332. The monoisotopic (exact) mass is 402 g/mol. The molecule has 0 aliphatic heterocycles. The van der Waals surface area contributed by atoms with Gasteiger partial charge >= 0.3 is 5.97 Å². The van der Waals surface area contributed by atoms with Gasteiger partial charge in [-0.15, -0.1) is 0 Å². The zero-order valence-corrected chi connectivity index (χ0v) is 16.4. The number of aromatic nitrogens is 1. The number of nitro groups is 1. The van der Waals surface area contributed by atoms with Crippen molar-refractivity contribution in [3.63, 3.8) is 0 Å². The molecule has 1 heterocycles. The number of aryl methyl sites for hydroxylation is 1. The van der Waals surface area contributed by atoms with Crippen LogP contribution in [0.1, 0.15) is 28.5 Å². The molecule has 0 radical (unpaired) electrons. The van der Waals surface area contributed by atoms with E-state index in [1.807, 2.05) is 30.3 Å². The highest BCUT2D eigenvalue weighted by molar-refractivity contribution is 6.01. The molecule has 0 saturated carbocycles. The van der Waals surface area contributed by atoms with Crippen LogP contribution in [0.25, 0.3) is 11.1 Å². The second kappa shape index (κ2) is 8.84. The van der Waals surface area contributed by atoms with Crippen LogP contribution in [0.4, 0.5) is 17.2 Å². The smallest absolute Gasteiger partial charge is 0.340 e. The fraction of sp³-hybridized carbons (Fsp3) is 0.136. The predicted molar refractivity (Wildman–Crippen MR) is 111 cm³/mol. The summed E-state index contributed by atoms with van der Waals surface area (Å²) in [5.41, 5.74) is 2.09. The van der Waals surface area contributed by atoms with Crippen molar-refractivity contribution in [3.05, 3.63) is 81.5 Å².